The third-order valence-corrected chi connectivity index (χ3v) is 4.21. The van der Waals surface area contributed by atoms with E-state index in [2.05, 4.69) is 19.1 Å². The second-order valence-corrected chi connectivity index (χ2v) is 6.41. The van der Waals surface area contributed by atoms with E-state index in [-0.39, 0.29) is 5.91 Å². The summed E-state index contributed by atoms with van der Waals surface area (Å²) in [6.07, 6.45) is 6.44. The van der Waals surface area contributed by atoms with Crippen LogP contribution in [0.2, 0.25) is 0 Å². The third-order valence-electron chi connectivity index (χ3n) is 4.21. The summed E-state index contributed by atoms with van der Waals surface area (Å²) in [5, 5.41) is 0. The number of furan rings is 1. The molecule has 0 atom stereocenters. The minimum absolute atomic E-state index is 0.212. The molecule has 0 saturated heterocycles. The molecule has 1 amide bonds. The Bertz CT molecular complexity index is 603. The molecule has 2 aromatic rings. The molecule has 3 nitrogen and oxygen atoms in total. The fraction of sp³-hybridized carbons (Fsp3) is 0.476. The van der Waals surface area contributed by atoms with Crippen molar-refractivity contribution in [1.82, 2.24) is 4.90 Å². The molecule has 0 spiro atoms. The van der Waals surface area contributed by atoms with Crippen molar-refractivity contribution in [1.29, 1.82) is 0 Å². The van der Waals surface area contributed by atoms with Crippen LogP contribution in [0.5, 0.6) is 0 Å². The molecule has 1 heterocycles. The van der Waals surface area contributed by atoms with Crippen LogP contribution >= 0.6 is 0 Å². The van der Waals surface area contributed by atoms with E-state index in [0.29, 0.717) is 19.5 Å². The van der Waals surface area contributed by atoms with Crippen LogP contribution in [0.25, 0.3) is 0 Å². The maximum atomic E-state index is 12.7. The highest BCUT2D eigenvalue weighted by atomic mass is 16.3. The third kappa shape index (κ3) is 6.23. The Morgan fingerprint density at radius 1 is 0.958 bits per heavy atom. The van der Waals surface area contributed by atoms with Crippen molar-refractivity contribution in [3.8, 4) is 0 Å². The highest BCUT2D eigenvalue weighted by Crippen LogP contribution is 2.15. The molecule has 0 unspecified atom stereocenters. The van der Waals surface area contributed by atoms with Gasteiger partial charge in [0.05, 0.1) is 6.54 Å². The molecule has 0 radical (unpaired) electrons. The van der Waals surface area contributed by atoms with Crippen molar-refractivity contribution >= 4 is 5.91 Å². The number of aryl methyl sites for hydroxylation is 1. The average molecular weight is 327 g/mol. The zero-order chi connectivity index (χ0) is 17.2. The second-order valence-electron chi connectivity index (χ2n) is 6.41. The maximum Gasteiger partial charge on any atom is 0.223 e. The Morgan fingerprint density at radius 2 is 1.71 bits per heavy atom. The van der Waals surface area contributed by atoms with Gasteiger partial charge < -0.3 is 9.32 Å². The van der Waals surface area contributed by atoms with Gasteiger partial charge in [-0.15, -0.1) is 0 Å². The van der Waals surface area contributed by atoms with Crippen LogP contribution in [0.4, 0.5) is 0 Å². The SMILES string of the molecule is CCCCCCCC(=O)N(Cc1ccccc1)Cc1ccc(C)o1. The molecule has 0 bridgehead atoms. The average Bonchev–Trinajstić information content (AvgIpc) is 3.00. The Kier molecular flexibility index (Phi) is 7.60. The van der Waals surface area contributed by atoms with E-state index in [9.17, 15) is 4.79 Å². The van der Waals surface area contributed by atoms with Gasteiger partial charge in [0.25, 0.3) is 0 Å². The first-order valence-corrected chi connectivity index (χ1v) is 9.06. The highest BCUT2D eigenvalue weighted by molar-refractivity contribution is 5.76. The van der Waals surface area contributed by atoms with Crippen LogP contribution < -0.4 is 0 Å². The first kappa shape index (κ1) is 18.3. The van der Waals surface area contributed by atoms with Crippen LogP contribution in [-0.2, 0) is 17.9 Å². The summed E-state index contributed by atoms with van der Waals surface area (Å²) in [5.41, 5.74) is 1.15. The van der Waals surface area contributed by atoms with Gasteiger partial charge in [-0.2, -0.15) is 0 Å². The molecule has 24 heavy (non-hydrogen) atoms. The molecule has 3 heteroatoms. The van der Waals surface area contributed by atoms with Gasteiger partial charge in [-0.1, -0.05) is 62.9 Å². The Labute approximate surface area is 145 Å². The molecule has 1 aromatic heterocycles. The van der Waals surface area contributed by atoms with Crippen molar-refractivity contribution < 1.29 is 9.21 Å². The van der Waals surface area contributed by atoms with E-state index in [0.717, 1.165) is 29.9 Å². The van der Waals surface area contributed by atoms with Gasteiger partial charge in [0, 0.05) is 13.0 Å². The van der Waals surface area contributed by atoms with E-state index in [1.165, 1.54) is 19.3 Å². The fourth-order valence-corrected chi connectivity index (χ4v) is 2.83. The van der Waals surface area contributed by atoms with Crippen LogP contribution in [0.3, 0.4) is 0 Å². The first-order chi connectivity index (χ1) is 11.7. The van der Waals surface area contributed by atoms with Crippen molar-refractivity contribution in [2.24, 2.45) is 0 Å². The molecule has 0 fully saturated rings. The molecule has 0 aliphatic carbocycles. The number of amides is 1. The molecule has 0 N–H and O–H groups in total. The normalized spacial score (nSPS) is 10.8. The van der Waals surface area contributed by atoms with Gasteiger partial charge in [-0.05, 0) is 31.0 Å². The molecule has 0 aliphatic heterocycles. The second kappa shape index (κ2) is 9.96. The summed E-state index contributed by atoms with van der Waals surface area (Å²) in [6.45, 7) is 5.31. The monoisotopic (exact) mass is 327 g/mol. The molecule has 0 aliphatic rings. The van der Waals surface area contributed by atoms with Crippen LogP contribution in [0.1, 0.15) is 62.5 Å². The fourth-order valence-electron chi connectivity index (χ4n) is 2.83. The Balaban J connectivity index is 1.94. The van der Waals surface area contributed by atoms with Crippen LogP contribution in [0, 0.1) is 6.92 Å². The van der Waals surface area contributed by atoms with Gasteiger partial charge in [-0.3, -0.25) is 4.79 Å². The Morgan fingerprint density at radius 3 is 2.38 bits per heavy atom. The largest absolute Gasteiger partial charge is 0.464 e. The number of hydrogen-bond donors (Lipinski definition) is 0. The van der Waals surface area contributed by atoms with Crippen molar-refractivity contribution in [2.75, 3.05) is 0 Å². The van der Waals surface area contributed by atoms with Gasteiger partial charge in [0.15, 0.2) is 0 Å². The molecule has 130 valence electrons. The van der Waals surface area contributed by atoms with Crippen LogP contribution in [0.15, 0.2) is 46.9 Å². The lowest BCUT2D eigenvalue weighted by Crippen LogP contribution is -2.29. The summed E-state index contributed by atoms with van der Waals surface area (Å²) in [4.78, 5) is 14.6. The van der Waals surface area contributed by atoms with E-state index in [1.807, 2.05) is 42.2 Å². The maximum absolute atomic E-state index is 12.7. The standard InChI is InChI=1S/C21H29NO2/c1-3-4-5-6-10-13-21(23)22(16-19-11-8-7-9-12-19)17-20-15-14-18(2)24-20/h7-9,11-12,14-15H,3-6,10,13,16-17H2,1-2H3. The number of nitrogens with zero attached hydrogens (tertiary/aromatic N) is 1. The molecule has 1 aromatic carbocycles. The predicted octanol–water partition coefficient (Wildman–Crippen LogP) is 5.48. The van der Waals surface area contributed by atoms with Crippen LogP contribution in [-0.4, -0.2) is 10.8 Å². The van der Waals surface area contributed by atoms with Gasteiger partial charge >= 0.3 is 0 Å². The minimum atomic E-state index is 0.212. The molecular weight excluding hydrogens is 298 g/mol. The summed E-state index contributed by atoms with van der Waals surface area (Å²) >= 11 is 0. The quantitative estimate of drug-likeness (QED) is 0.542. The van der Waals surface area contributed by atoms with E-state index in [4.69, 9.17) is 4.42 Å². The summed E-state index contributed by atoms with van der Waals surface area (Å²) in [5.74, 6) is 1.95. The number of hydrogen-bond acceptors (Lipinski definition) is 2. The molecule has 0 saturated carbocycles. The van der Waals surface area contributed by atoms with Crippen molar-refractivity contribution in [2.45, 2.75) is 65.5 Å². The lowest BCUT2D eigenvalue weighted by atomic mass is 10.1. The summed E-state index contributed by atoms with van der Waals surface area (Å²) < 4.78 is 5.67. The Hall–Kier alpha value is -2.03. The van der Waals surface area contributed by atoms with Gasteiger partial charge in [-0.25, -0.2) is 0 Å². The van der Waals surface area contributed by atoms with E-state index in [1.54, 1.807) is 0 Å². The van der Waals surface area contributed by atoms with E-state index >= 15 is 0 Å². The zero-order valence-corrected chi connectivity index (χ0v) is 15.0. The highest BCUT2D eigenvalue weighted by Gasteiger charge is 2.16. The number of rotatable bonds is 10. The molecular formula is C21H29NO2. The topological polar surface area (TPSA) is 33.5 Å². The lowest BCUT2D eigenvalue weighted by molar-refractivity contribution is -0.132. The lowest BCUT2D eigenvalue weighted by Gasteiger charge is -2.22. The van der Waals surface area contributed by atoms with Gasteiger partial charge in [0.2, 0.25) is 5.91 Å². The molecule has 2 rings (SSSR count). The number of unbranched alkanes of at least 4 members (excludes halogenated alkanes) is 4. The summed E-state index contributed by atoms with van der Waals surface area (Å²) in [6, 6.07) is 14.1. The van der Waals surface area contributed by atoms with Gasteiger partial charge in [0.1, 0.15) is 11.5 Å². The number of carbonyl (C=O) groups excluding carboxylic acids is 1. The smallest absolute Gasteiger partial charge is 0.223 e. The van der Waals surface area contributed by atoms with E-state index < -0.39 is 0 Å². The zero-order valence-electron chi connectivity index (χ0n) is 15.0. The predicted molar refractivity (Wildman–Crippen MR) is 97.5 cm³/mol. The van der Waals surface area contributed by atoms with Crippen molar-refractivity contribution in [3.63, 3.8) is 0 Å². The number of benzene rings is 1. The number of carbonyl (C=O) groups is 1. The first-order valence-electron chi connectivity index (χ1n) is 9.06. The minimum Gasteiger partial charge on any atom is -0.464 e. The van der Waals surface area contributed by atoms with Crippen molar-refractivity contribution in [3.05, 3.63) is 59.5 Å². The summed E-state index contributed by atoms with van der Waals surface area (Å²) in [7, 11) is 0.